The van der Waals surface area contributed by atoms with Gasteiger partial charge in [0.05, 0.1) is 0 Å². The maximum absolute atomic E-state index is 12.8. The minimum atomic E-state index is 0.0118. The van der Waals surface area contributed by atoms with Gasteiger partial charge < -0.3 is 15.1 Å². The first-order chi connectivity index (χ1) is 15.1. The fraction of sp³-hybridized carbons (Fsp3) is 0.680. The molecule has 1 N–H and O–H groups in total. The number of hydrogen-bond acceptors (Lipinski definition) is 3. The number of hydrogen-bond donors (Lipinski definition) is 1. The molecule has 1 unspecified atom stereocenters. The van der Waals surface area contributed by atoms with Gasteiger partial charge >= 0.3 is 6.03 Å². The molecule has 1 aromatic carbocycles. The number of carbonyl (C=O) groups is 2. The van der Waals surface area contributed by atoms with Crippen LogP contribution in [0.25, 0.3) is 0 Å². The van der Waals surface area contributed by atoms with Crippen molar-refractivity contribution in [1.82, 2.24) is 20.0 Å². The van der Waals surface area contributed by atoms with Crippen LogP contribution in [-0.4, -0.2) is 65.9 Å². The van der Waals surface area contributed by atoms with E-state index >= 15 is 0 Å². The fourth-order valence-corrected chi connectivity index (χ4v) is 5.32. The largest absolute Gasteiger partial charge is 0.352 e. The lowest BCUT2D eigenvalue weighted by molar-refractivity contribution is -0.126. The topological polar surface area (TPSA) is 55.9 Å². The molecule has 4 rings (SSSR count). The van der Waals surface area contributed by atoms with Gasteiger partial charge in [-0.05, 0) is 62.1 Å². The molecule has 0 spiro atoms. The summed E-state index contributed by atoms with van der Waals surface area (Å²) in [5.41, 5.74) is 2.54. The standard InChI is InChI=1S/C25H38N4O2/c1-20-7-6-12-27(18-20)19-23-9-3-2-8-22(23)17-26-24(30)21-10-15-29(16-11-21)25(31)28-13-4-5-14-28/h2-3,8-9,20-21H,4-7,10-19H2,1H3,(H,26,30). The van der Waals surface area contributed by atoms with Gasteiger partial charge in [-0.2, -0.15) is 0 Å². The molecule has 170 valence electrons. The number of urea groups is 1. The first-order valence-electron chi connectivity index (χ1n) is 12.2. The van der Waals surface area contributed by atoms with Crippen LogP contribution in [0, 0.1) is 11.8 Å². The van der Waals surface area contributed by atoms with E-state index < -0.39 is 0 Å². The smallest absolute Gasteiger partial charge is 0.319 e. The first-order valence-corrected chi connectivity index (χ1v) is 12.2. The molecule has 3 fully saturated rings. The lowest BCUT2D eigenvalue weighted by atomic mass is 9.95. The molecule has 3 aliphatic heterocycles. The maximum Gasteiger partial charge on any atom is 0.319 e. The average Bonchev–Trinajstić information content (AvgIpc) is 3.33. The van der Waals surface area contributed by atoms with E-state index in [0.29, 0.717) is 19.6 Å². The molecule has 6 heteroatoms. The second-order valence-electron chi connectivity index (χ2n) is 9.71. The Balaban J connectivity index is 1.25. The lowest BCUT2D eigenvalue weighted by Crippen LogP contribution is -2.47. The minimum Gasteiger partial charge on any atom is -0.352 e. The molecular weight excluding hydrogens is 388 g/mol. The van der Waals surface area contributed by atoms with Crippen LogP contribution >= 0.6 is 0 Å². The summed E-state index contributed by atoms with van der Waals surface area (Å²) in [7, 11) is 0. The lowest BCUT2D eigenvalue weighted by Gasteiger charge is -2.34. The van der Waals surface area contributed by atoms with Crippen LogP contribution in [-0.2, 0) is 17.9 Å². The molecule has 0 aliphatic carbocycles. The van der Waals surface area contributed by atoms with E-state index in [2.05, 4.69) is 41.4 Å². The number of likely N-dealkylation sites (tertiary alicyclic amines) is 3. The predicted molar refractivity (Wildman–Crippen MR) is 122 cm³/mol. The Bertz CT molecular complexity index is 754. The summed E-state index contributed by atoms with van der Waals surface area (Å²) < 4.78 is 0. The Labute approximate surface area is 187 Å². The summed E-state index contributed by atoms with van der Waals surface area (Å²) in [5, 5.41) is 3.18. The van der Waals surface area contributed by atoms with Crippen LogP contribution in [0.1, 0.15) is 56.6 Å². The van der Waals surface area contributed by atoms with E-state index in [1.165, 1.54) is 30.5 Å². The van der Waals surface area contributed by atoms with Crippen LogP contribution in [0.5, 0.6) is 0 Å². The highest BCUT2D eigenvalue weighted by Gasteiger charge is 2.30. The van der Waals surface area contributed by atoms with Gasteiger partial charge in [0.25, 0.3) is 0 Å². The second-order valence-corrected chi connectivity index (χ2v) is 9.71. The van der Waals surface area contributed by atoms with Crippen LogP contribution in [0.3, 0.4) is 0 Å². The zero-order valence-electron chi connectivity index (χ0n) is 19.0. The number of rotatable bonds is 5. The summed E-state index contributed by atoms with van der Waals surface area (Å²) >= 11 is 0. The van der Waals surface area contributed by atoms with Gasteiger partial charge in [0, 0.05) is 51.7 Å². The van der Waals surface area contributed by atoms with Gasteiger partial charge in [0.15, 0.2) is 0 Å². The molecule has 0 bridgehead atoms. The Morgan fingerprint density at radius 2 is 1.58 bits per heavy atom. The van der Waals surface area contributed by atoms with Gasteiger partial charge in [-0.3, -0.25) is 9.69 Å². The van der Waals surface area contributed by atoms with E-state index in [-0.39, 0.29) is 17.9 Å². The third kappa shape index (κ3) is 5.79. The van der Waals surface area contributed by atoms with Crippen molar-refractivity contribution < 1.29 is 9.59 Å². The highest BCUT2D eigenvalue weighted by Crippen LogP contribution is 2.22. The Kier molecular flexibility index (Phi) is 7.49. The Hall–Kier alpha value is -2.08. The molecule has 1 atom stereocenters. The zero-order chi connectivity index (χ0) is 21.6. The van der Waals surface area contributed by atoms with Crippen LogP contribution < -0.4 is 5.32 Å². The highest BCUT2D eigenvalue weighted by molar-refractivity contribution is 5.79. The van der Waals surface area contributed by atoms with Crippen LogP contribution in [0.15, 0.2) is 24.3 Å². The van der Waals surface area contributed by atoms with Crippen molar-refractivity contribution in [2.75, 3.05) is 39.3 Å². The van der Waals surface area contributed by atoms with Crippen molar-refractivity contribution in [1.29, 1.82) is 0 Å². The third-order valence-electron chi connectivity index (χ3n) is 7.22. The molecule has 3 amide bonds. The SMILES string of the molecule is CC1CCCN(Cc2ccccc2CNC(=O)C2CCN(C(=O)N3CCCC3)CC2)C1. The quantitative estimate of drug-likeness (QED) is 0.784. The van der Waals surface area contributed by atoms with Crippen molar-refractivity contribution in [3.05, 3.63) is 35.4 Å². The summed E-state index contributed by atoms with van der Waals surface area (Å²) in [4.78, 5) is 31.8. The Morgan fingerprint density at radius 1 is 0.903 bits per heavy atom. The number of nitrogens with zero attached hydrogens (tertiary/aromatic N) is 3. The number of benzene rings is 1. The monoisotopic (exact) mass is 426 g/mol. The van der Waals surface area contributed by atoms with E-state index in [4.69, 9.17) is 0 Å². The van der Waals surface area contributed by atoms with Gasteiger partial charge in [-0.1, -0.05) is 31.2 Å². The predicted octanol–water partition coefficient (Wildman–Crippen LogP) is 3.46. The molecule has 6 nitrogen and oxygen atoms in total. The molecule has 3 heterocycles. The molecule has 0 radical (unpaired) electrons. The molecule has 31 heavy (non-hydrogen) atoms. The minimum absolute atomic E-state index is 0.0118. The van der Waals surface area contributed by atoms with E-state index in [1.54, 1.807) is 0 Å². The van der Waals surface area contributed by atoms with E-state index in [9.17, 15) is 9.59 Å². The van der Waals surface area contributed by atoms with Gasteiger partial charge in [0.1, 0.15) is 0 Å². The molecule has 0 aromatic heterocycles. The van der Waals surface area contributed by atoms with Gasteiger partial charge in [-0.15, -0.1) is 0 Å². The second kappa shape index (κ2) is 10.5. The summed E-state index contributed by atoms with van der Waals surface area (Å²) in [5.74, 6) is 0.913. The molecule has 1 aromatic rings. The summed E-state index contributed by atoms with van der Waals surface area (Å²) in [6, 6.07) is 8.66. The van der Waals surface area contributed by atoms with Crippen molar-refractivity contribution in [2.24, 2.45) is 11.8 Å². The van der Waals surface area contributed by atoms with Crippen molar-refractivity contribution >= 4 is 11.9 Å². The number of amides is 3. The van der Waals surface area contributed by atoms with Gasteiger partial charge in [0.2, 0.25) is 5.91 Å². The van der Waals surface area contributed by atoms with Crippen molar-refractivity contribution in [3.8, 4) is 0 Å². The fourth-order valence-electron chi connectivity index (χ4n) is 5.32. The van der Waals surface area contributed by atoms with E-state index in [1.807, 2.05) is 9.80 Å². The average molecular weight is 427 g/mol. The van der Waals surface area contributed by atoms with Crippen LogP contribution in [0.4, 0.5) is 4.79 Å². The number of piperidine rings is 2. The van der Waals surface area contributed by atoms with Gasteiger partial charge in [-0.25, -0.2) is 4.79 Å². The van der Waals surface area contributed by atoms with Crippen molar-refractivity contribution in [3.63, 3.8) is 0 Å². The molecule has 0 saturated carbocycles. The third-order valence-corrected chi connectivity index (χ3v) is 7.22. The zero-order valence-corrected chi connectivity index (χ0v) is 19.0. The maximum atomic E-state index is 12.8. The summed E-state index contributed by atoms with van der Waals surface area (Å²) in [6.07, 6.45) is 6.36. The molecule has 3 aliphatic rings. The normalized spacial score (nSPS) is 23.2. The van der Waals surface area contributed by atoms with Crippen LogP contribution in [0.2, 0.25) is 0 Å². The summed E-state index contributed by atoms with van der Waals surface area (Å²) in [6.45, 7) is 9.37. The highest BCUT2D eigenvalue weighted by atomic mass is 16.2. The van der Waals surface area contributed by atoms with Crippen molar-refractivity contribution in [2.45, 2.75) is 58.5 Å². The van der Waals surface area contributed by atoms with E-state index in [0.717, 1.165) is 57.8 Å². The molecular formula is C25H38N4O2. The Morgan fingerprint density at radius 3 is 2.29 bits per heavy atom. The number of carbonyl (C=O) groups excluding carboxylic acids is 2. The first kappa shape index (κ1) is 22.1. The molecule has 3 saturated heterocycles. The number of nitrogens with one attached hydrogen (secondary N) is 1.